The van der Waals surface area contributed by atoms with Crippen LogP contribution in [0.3, 0.4) is 0 Å². The van der Waals surface area contributed by atoms with Crippen LogP contribution in [0.2, 0.25) is 0 Å². The molecule has 2 aliphatic heterocycles. The number of alkyl halides is 3. The van der Waals surface area contributed by atoms with Gasteiger partial charge in [0.05, 0.1) is 40.9 Å². The van der Waals surface area contributed by atoms with Gasteiger partial charge in [-0.3, -0.25) is 24.1 Å². The first-order valence-electron chi connectivity index (χ1n) is 15.7. The van der Waals surface area contributed by atoms with Gasteiger partial charge in [0.1, 0.15) is 11.5 Å². The van der Waals surface area contributed by atoms with E-state index in [1.807, 2.05) is 6.07 Å². The van der Waals surface area contributed by atoms with E-state index >= 15 is 0 Å². The summed E-state index contributed by atoms with van der Waals surface area (Å²) in [7, 11) is 1.54. The second-order valence-corrected chi connectivity index (χ2v) is 15.9. The minimum atomic E-state index is -4.66. The van der Waals surface area contributed by atoms with Crippen molar-refractivity contribution in [3.8, 4) is 11.5 Å². The maximum absolute atomic E-state index is 14.1. The van der Waals surface area contributed by atoms with Crippen molar-refractivity contribution in [1.29, 1.82) is 0 Å². The van der Waals surface area contributed by atoms with E-state index in [9.17, 15) is 32.3 Å². The number of para-hydroxylation sites is 1. The normalized spacial score (nSPS) is 26.4. The quantitative estimate of drug-likeness (QED) is 0.196. The molecule has 15 heteroatoms. The Morgan fingerprint density at radius 2 is 1.74 bits per heavy atom. The van der Waals surface area contributed by atoms with Gasteiger partial charge in [-0.2, -0.15) is 13.2 Å². The molecular formula is C35H27BrF3N3O6S2. The summed E-state index contributed by atoms with van der Waals surface area (Å²) in [6, 6.07) is 16.8. The van der Waals surface area contributed by atoms with Crippen molar-refractivity contribution in [1.82, 2.24) is 4.98 Å². The first-order valence-corrected chi connectivity index (χ1v) is 18.2. The van der Waals surface area contributed by atoms with Gasteiger partial charge in [0.25, 0.3) is 5.91 Å². The van der Waals surface area contributed by atoms with Gasteiger partial charge in [-0.05, 0) is 78.8 Å². The number of nitrogens with zero attached hydrogens (tertiary/aromatic N) is 1. The van der Waals surface area contributed by atoms with E-state index in [1.165, 1.54) is 23.1 Å². The Morgan fingerprint density at radius 3 is 2.46 bits per heavy atom. The SMILES string of the molecule is COc1ccc(N2C(=O)C3C4CC(C3C2=O)C2C4Sc3[nH]c(=O)sc3[C@@H]2c2cc(Br)ccc2OCC(=O)Nc2ccccc2C(F)(F)F)cc1. The van der Waals surface area contributed by atoms with E-state index in [-0.39, 0.29) is 45.4 Å². The van der Waals surface area contributed by atoms with Gasteiger partial charge >= 0.3 is 11.0 Å². The van der Waals surface area contributed by atoms with Gasteiger partial charge in [0.15, 0.2) is 6.61 Å². The monoisotopic (exact) mass is 785 g/mol. The smallest absolute Gasteiger partial charge is 0.418 e. The molecule has 9 nitrogen and oxygen atoms in total. The molecule has 3 aromatic carbocycles. The third-order valence-electron chi connectivity index (χ3n) is 10.2. The van der Waals surface area contributed by atoms with Gasteiger partial charge < -0.3 is 19.8 Å². The largest absolute Gasteiger partial charge is 0.497 e. The van der Waals surface area contributed by atoms with Crippen LogP contribution in [0.1, 0.15) is 28.3 Å². The summed E-state index contributed by atoms with van der Waals surface area (Å²) in [5.41, 5.74) is -0.195. The number of amides is 3. The lowest BCUT2D eigenvalue weighted by Crippen LogP contribution is -2.42. The number of carbonyl (C=O) groups is 3. The number of aromatic nitrogens is 1. The number of hydrogen-bond donors (Lipinski definition) is 2. The Kier molecular flexibility index (Phi) is 8.14. The van der Waals surface area contributed by atoms with Crippen molar-refractivity contribution in [3.05, 3.63) is 96.9 Å². The molecule has 258 valence electrons. The van der Waals surface area contributed by atoms with Crippen molar-refractivity contribution >= 4 is 68.1 Å². The molecule has 2 N–H and O–H groups in total. The number of hydrogen-bond acceptors (Lipinski definition) is 8. The number of imide groups is 1. The Morgan fingerprint density at radius 1 is 1.02 bits per heavy atom. The number of thiazole rings is 1. The first kappa shape index (κ1) is 33.1. The molecular weight excluding hydrogens is 759 g/mol. The zero-order valence-corrected chi connectivity index (χ0v) is 29.3. The van der Waals surface area contributed by atoms with Gasteiger partial charge in [-0.15, -0.1) is 11.8 Å². The minimum absolute atomic E-state index is 0.0921. The minimum Gasteiger partial charge on any atom is -0.497 e. The molecule has 50 heavy (non-hydrogen) atoms. The lowest BCUT2D eigenvalue weighted by molar-refractivity contribution is -0.137. The Hall–Kier alpha value is -4.08. The van der Waals surface area contributed by atoms with E-state index < -0.39 is 42.0 Å². The standard InChI is InChI=1S/C35H27BrF3N3O6S2/c1-47-17-9-7-16(8-10-17)42-32(44)27-19-13-20(28(27)33(42)45)29-26(19)25(30-31(49-29)41-34(46)50-30)18-12-15(36)6-11-23(18)48-14-24(43)40-22-5-3-2-4-21(22)35(37,38)39/h2-12,19-20,25-29H,13-14H2,1H3,(H,40,43)(H,41,46)/t19?,20?,25-,26?,27?,28?,29?/m1/s1. The highest BCUT2D eigenvalue weighted by atomic mass is 79.9. The molecule has 0 radical (unpaired) electrons. The van der Waals surface area contributed by atoms with E-state index in [0.29, 0.717) is 38.7 Å². The van der Waals surface area contributed by atoms with Crippen molar-refractivity contribution in [2.24, 2.45) is 29.6 Å². The highest BCUT2D eigenvalue weighted by Gasteiger charge is 2.70. The zero-order chi connectivity index (χ0) is 35.1. The summed E-state index contributed by atoms with van der Waals surface area (Å²) in [4.78, 5) is 58.6. The fourth-order valence-corrected chi connectivity index (χ4v) is 11.7. The fraction of sp³-hybridized carbons (Fsp3) is 0.314. The number of rotatable bonds is 7. The highest BCUT2D eigenvalue weighted by Crippen LogP contribution is 2.69. The molecule has 4 aromatic rings. The van der Waals surface area contributed by atoms with Crippen LogP contribution in [-0.2, 0) is 20.6 Å². The van der Waals surface area contributed by atoms with Crippen LogP contribution in [0, 0.1) is 29.6 Å². The Balaban J connectivity index is 1.12. The number of ether oxygens (including phenoxy) is 2. The molecule has 2 saturated carbocycles. The fourth-order valence-electron chi connectivity index (χ4n) is 8.41. The number of methoxy groups -OCH3 is 1. The maximum Gasteiger partial charge on any atom is 0.418 e. The van der Waals surface area contributed by atoms with E-state index in [0.717, 1.165) is 22.3 Å². The molecule has 7 atom stereocenters. The van der Waals surface area contributed by atoms with Gasteiger partial charge in [0.2, 0.25) is 11.8 Å². The van der Waals surface area contributed by atoms with Crippen LogP contribution in [0.5, 0.6) is 11.5 Å². The number of H-pyrrole nitrogens is 1. The number of fused-ring (bicyclic) bond motifs is 9. The lowest BCUT2D eigenvalue weighted by atomic mass is 9.68. The summed E-state index contributed by atoms with van der Waals surface area (Å²) in [5, 5.41) is 2.92. The van der Waals surface area contributed by atoms with Crippen molar-refractivity contribution in [3.63, 3.8) is 0 Å². The predicted octanol–water partition coefficient (Wildman–Crippen LogP) is 6.92. The molecule has 3 amide bonds. The van der Waals surface area contributed by atoms with Crippen LogP contribution in [0.4, 0.5) is 24.5 Å². The molecule has 2 aliphatic carbocycles. The van der Waals surface area contributed by atoms with Crippen LogP contribution < -0.4 is 24.6 Å². The first-order chi connectivity index (χ1) is 23.9. The molecule has 8 rings (SSSR count). The molecule has 6 unspecified atom stereocenters. The molecule has 3 fully saturated rings. The number of thioether (sulfide) groups is 1. The number of carbonyl (C=O) groups excluding carboxylic acids is 3. The van der Waals surface area contributed by atoms with Crippen LogP contribution in [0.25, 0.3) is 0 Å². The van der Waals surface area contributed by atoms with Gasteiger partial charge in [-0.1, -0.05) is 39.4 Å². The summed E-state index contributed by atoms with van der Waals surface area (Å²) >= 11 is 6.18. The third-order valence-corrected chi connectivity index (χ3v) is 13.3. The Labute approximate surface area is 299 Å². The Bertz CT molecular complexity index is 2100. The van der Waals surface area contributed by atoms with Gasteiger partial charge in [-0.25, -0.2) is 0 Å². The summed E-state index contributed by atoms with van der Waals surface area (Å²) in [5.74, 6) is -2.20. The highest BCUT2D eigenvalue weighted by molar-refractivity contribution is 9.10. The van der Waals surface area contributed by atoms with E-state index in [2.05, 4.69) is 26.2 Å². The predicted molar refractivity (Wildman–Crippen MR) is 184 cm³/mol. The van der Waals surface area contributed by atoms with Crippen molar-refractivity contribution in [2.45, 2.75) is 28.8 Å². The van der Waals surface area contributed by atoms with Crippen LogP contribution in [0.15, 0.2) is 81.0 Å². The molecule has 1 aromatic heterocycles. The topological polar surface area (TPSA) is 118 Å². The maximum atomic E-state index is 14.1. The van der Waals surface area contributed by atoms with Crippen molar-refractivity contribution in [2.75, 3.05) is 23.9 Å². The second-order valence-electron chi connectivity index (χ2n) is 12.7. The molecule has 2 bridgehead atoms. The summed E-state index contributed by atoms with van der Waals surface area (Å²) < 4.78 is 52.6. The summed E-state index contributed by atoms with van der Waals surface area (Å²) in [6.45, 7) is -0.576. The van der Waals surface area contributed by atoms with Crippen molar-refractivity contribution < 1.29 is 37.0 Å². The number of nitrogens with one attached hydrogen (secondary N) is 2. The van der Waals surface area contributed by atoms with Crippen LogP contribution >= 0.6 is 39.0 Å². The zero-order valence-electron chi connectivity index (χ0n) is 26.0. The average molecular weight is 787 g/mol. The van der Waals surface area contributed by atoms with Crippen LogP contribution in [-0.4, -0.2) is 41.7 Å². The number of benzene rings is 3. The number of aromatic amines is 1. The van der Waals surface area contributed by atoms with E-state index in [4.69, 9.17) is 9.47 Å². The lowest BCUT2D eigenvalue weighted by Gasteiger charge is -2.43. The molecule has 3 heterocycles. The van der Waals surface area contributed by atoms with Gasteiger partial charge in [0, 0.05) is 26.1 Å². The summed E-state index contributed by atoms with van der Waals surface area (Å²) in [6.07, 6.45) is -3.99. The molecule has 0 spiro atoms. The molecule has 1 saturated heterocycles. The van der Waals surface area contributed by atoms with E-state index in [1.54, 1.807) is 55.3 Å². The third kappa shape index (κ3) is 5.35. The average Bonchev–Trinajstić information content (AvgIpc) is 3.82. The second kappa shape index (κ2) is 12.3. The number of halogens is 4. The number of anilines is 2. The molecule has 4 aliphatic rings.